The van der Waals surface area contributed by atoms with Crippen LogP contribution in [0.5, 0.6) is 0 Å². The molecule has 0 saturated carbocycles. The van der Waals surface area contributed by atoms with Gasteiger partial charge in [0.05, 0.1) is 0 Å². The van der Waals surface area contributed by atoms with Gasteiger partial charge in [-0.1, -0.05) is 6.92 Å². The van der Waals surface area contributed by atoms with Gasteiger partial charge in [0.1, 0.15) is 0 Å². The van der Waals surface area contributed by atoms with Crippen molar-refractivity contribution in [2.24, 2.45) is 0 Å². The van der Waals surface area contributed by atoms with E-state index in [9.17, 15) is 8.42 Å². The van der Waals surface area contributed by atoms with Crippen molar-refractivity contribution in [3.63, 3.8) is 0 Å². The SMILES string of the molecule is CCSc1ccc(S(=O)(=O)NC(C)(C)C)nc1. The molecule has 0 aliphatic rings. The third-order valence-corrected chi connectivity index (χ3v) is 4.27. The first-order valence-electron chi connectivity index (χ1n) is 5.37. The third-order valence-electron chi connectivity index (χ3n) is 1.74. The number of sulfonamides is 1. The van der Waals surface area contributed by atoms with Crippen LogP contribution in [-0.2, 0) is 10.0 Å². The Bertz CT molecular complexity index is 461. The summed E-state index contributed by atoms with van der Waals surface area (Å²) in [7, 11) is -3.52. The van der Waals surface area contributed by atoms with Crippen LogP contribution in [0.15, 0.2) is 28.3 Å². The van der Waals surface area contributed by atoms with Gasteiger partial charge < -0.3 is 0 Å². The Morgan fingerprint density at radius 3 is 2.41 bits per heavy atom. The van der Waals surface area contributed by atoms with Crippen molar-refractivity contribution in [3.8, 4) is 0 Å². The summed E-state index contributed by atoms with van der Waals surface area (Å²) in [5.74, 6) is 0.939. The molecule has 0 unspecified atom stereocenters. The third kappa shape index (κ3) is 4.65. The summed E-state index contributed by atoms with van der Waals surface area (Å²) < 4.78 is 26.4. The quantitative estimate of drug-likeness (QED) is 0.856. The van der Waals surface area contributed by atoms with Crippen LogP contribution in [-0.4, -0.2) is 24.7 Å². The molecule has 1 N–H and O–H groups in total. The normalized spacial score (nSPS) is 12.7. The minimum atomic E-state index is -3.52. The van der Waals surface area contributed by atoms with Crippen molar-refractivity contribution in [2.75, 3.05) is 5.75 Å². The predicted molar refractivity (Wildman–Crippen MR) is 70.7 cm³/mol. The van der Waals surface area contributed by atoms with Gasteiger partial charge in [-0.05, 0) is 38.7 Å². The molecule has 0 aliphatic heterocycles. The Labute approximate surface area is 107 Å². The van der Waals surface area contributed by atoms with E-state index >= 15 is 0 Å². The number of hydrogen-bond donors (Lipinski definition) is 1. The summed E-state index contributed by atoms with van der Waals surface area (Å²) in [5.41, 5.74) is -0.503. The highest BCUT2D eigenvalue weighted by Crippen LogP contribution is 2.18. The van der Waals surface area contributed by atoms with Crippen molar-refractivity contribution in [3.05, 3.63) is 18.3 Å². The summed E-state index contributed by atoms with van der Waals surface area (Å²) in [5, 5.41) is 0.0629. The Hall–Kier alpha value is -0.590. The van der Waals surface area contributed by atoms with E-state index < -0.39 is 15.6 Å². The number of rotatable bonds is 4. The molecule has 6 heteroatoms. The van der Waals surface area contributed by atoms with Crippen LogP contribution in [0.1, 0.15) is 27.7 Å². The molecule has 96 valence electrons. The largest absolute Gasteiger partial charge is 0.258 e. The van der Waals surface area contributed by atoms with Crippen molar-refractivity contribution in [1.82, 2.24) is 9.71 Å². The van der Waals surface area contributed by atoms with E-state index in [1.54, 1.807) is 44.8 Å². The van der Waals surface area contributed by atoms with E-state index in [1.807, 2.05) is 6.92 Å². The average Bonchev–Trinajstić information content (AvgIpc) is 2.15. The summed E-state index contributed by atoms with van der Waals surface area (Å²) in [6.07, 6.45) is 1.59. The first-order chi connectivity index (χ1) is 7.74. The van der Waals surface area contributed by atoms with E-state index in [0.717, 1.165) is 10.6 Å². The lowest BCUT2D eigenvalue weighted by Crippen LogP contribution is -2.40. The predicted octanol–water partition coefficient (Wildman–Crippen LogP) is 2.27. The van der Waals surface area contributed by atoms with Crippen LogP contribution in [0.25, 0.3) is 0 Å². The van der Waals surface area contributed by atoms with Crippen molar-refractivity contribution >= 4 is 21.8 Å². The van der Waals surface area contributed by atoms with Crippen molar-refractivity contribution in [2.45, 2.75) is 43.2 Å². The second-order valence-corrected chi connectivity index (χ2v) is 7.59. The Morgan fingerprint density at radius 2 is 2.00 bits per heavy atom. The zero-order valence-electron chi connectivity index (χ0n) is 10.5. The molecule has 0 radical (unpaired) electrons. The van der Waals surface area contributed by atoms with E-state index in [4.69, 9.17) is 0 Å². The maximum absolute atomic E-state index is 11.9. The maximum atomic E-state index is 11.9. The van der Waals surface area contributed by atoms with E-state index in [1.165, 1.54) is 6.07 Å². The summed E-state index contributed by atoms with van der Waals surface area (Å²) in [4.78, 5) is 4.96. The lowest BCUT2D eigenvalue weighted by molar-refractivity contribution is 0.489. The molecule has 17 heavy (non-hydrogen) atoms. The highest BCUT2D eigenvalue weighted by atomic mass is 32.2. The lowest BCUT2D eigenvalue weighted by atomic mass is 10.1. The smallest absolute Gasteiger partial charge is 0.242 e. The Kier molecular flexibility index (Phi) is 4.57. The molecule has 0 saturated heterocycles. The van der Waals surface area contributed by atoms with Gasteiger partial charge in [-0.2, -0.15) is 0 Å². The lowest BCUT2D eigenvalue weighted by Gasteiger charge is -2.19. The first kappa shape index (κ1) is 14.5. The summed E-state index contributed by atoms with van der Waals surface area (Å²) in [6, 6.07) is 3.31. The standard InChI is InChI=1S/C11H18N2O2S2/c1-5-16-9-6-7-10(12-8-9)17(14,15)13-11(2,3)4/h6-8,13H,5H2,1-4H3. The van der Waals surface area contributed by atoms with Gasteiger partial charge in [0.25, 0.3) is 10.0 Å². The van der Waals surface area contributed by atoms with Gasteiger partial charge in [0.2, 0.25) is 0 Å². The zero-order valence-corrected chi connectivity index (χ0v) is 12.2. The summed E-state index contributed by atoms with van der Waals surface area (Å²) in [6.45, 7) is 7.43. The van der Waals surface area contributed by atoms with Gasteiger partial charge in [0.15, 0.2) is 5.03 Å². The Balaban J connectivity index is 2.93. The van der Waals surface area contributed by atoms with Crippen LogP contribution >= 0.6 is 11.8 Å². The van der Waals surface area contributed by atoms with Crippen LogP contribution in [0.4, 0.5) is 0 Å². The number of hydrogen-bond acceptors (Lipinski definition) is 4. The molecule has 0 fully saturated rings. The highest BCUT2D eigenvalue weighted by molar-refractivity contribution is 7.99. The number of aromatic nitrogens is 1. The second kappa shape index (κ2) is 5.37. The molecular formula is C11H18N2O2S2. The molecule has 0 atom stereocenters. The molecule has 0 aromatic carbocycles. The van der Waals surface area contributed by atoms with Crippen LogP contribution < -0.4 is 4.72 Å². The molecule has 0 spiro atoms. The summed E-state index contributed by atoms with van der Waals surface area (Å²) >= 11 is 1.63. The minimum absolute atomic E-state index is 0.0629. The van der Waals surface area contributed by atoms with E-state index in [-0.39, 0.29) is 5.03 Å². The molecule has 1 heterocycles. The van der Waals surface area contributed by atoms with Crippen LogP contribution in [0.3, 0.4) is 0 Å². The van der Waals surface area contributed by atoms with E-state index in [2.05, 4.69) is 9.71 Å². The maximum Gasteiger partial charge on any atom is 0.258 e. The van der Waals surface area contributed by atoms with Gasteiger partial charge in [-0.25, -0.2) is 18.1 Å². The second-order valence-electron chi connectivity index (χ2n) is 4.62. The minimum Gasteiger partial charge on any atom is -0.242 e. The number of thioether (sulfide) groups is 1. The molecule has 1 aromatic heterocycles. The average molecular weight is 274 g/mol. The van der Waals surface area contributed by atoms with Crippen LogP contribution in [0.2, 0.25) is 0 Å². The molecule has 0 amide bonds. The number of nitrogens with one attached hydrogen (secondary N) is 1. The topological polar surface area (TPSA) is 59.1 Å². The van der Waals surface area contributed by atoms with E-state index in [0.29, 0.717) is 0 Å². The van der Waals surface area contributed by atoms with Gasteiger partial charge in [-0.15, -0.1) is 11.8 Å². The van der Waals surface area contributed by atoms with Crippen molar-refractivity contribution < 1.29 is 8.42 Å². The fourth-order valence-corrected chi connectivity index (χ4v) is 3.21. The molecule has 0 bridgehead atoms. The van der Waals surface area contributed by atoms with Crippen LogP contribution in [0, 0.1) is 0 Å². The highest BCUT2D eigenvalue weighted by Gasteiger charge is 2.22. The Morgan fingerprint density at radius 1 is 1.35 bits per heavy atom. The monoisotopic (exact) mass is 274 g/mol. The molecule has 4 nitrogen and oxygen atoms in total. The molecule has 1 aromatic rings. The first-order valence-corrected chi connectivity index (χ1v) is 7.84. The van der Waals surface area contributed by atoms with Gasteiger partial charge in [0, 0.05) is 16.6 Å². The molecule has 0 aliphatic carbocycles. The fourth-order valence-electron chi connectivity index (χ4n) is 1.23. The molecule has 1 rings (SSSR count). The number of nitrogens with zero attached hydrogens (tertiary/aromatic N) is 1. The van der Waals surface area contributed by atoms with Crippen molar-refractivity contribution in [1.29, 1.82) is 0 Å². The molecular weight excluding hydrogens is 256 g/mol. The van der Waals surface area contributed by atoms with Gasteiger partial charge >= 0.3 is 0 Å². The number of pyridine rings is 1. The van der Waals surface area contributed by atoms with Gasteiger partial charge in [-0.3, -0.25) is 0 Å². The zero-order chi connectivity index (χ0) is 13.1. The fraction of sp³-hybridized carbons (Fsp3) is 0.545.